The number of alkyl halides is 1. The summed E-state index contributed by atoms with van der Waals surface area (Å²) in [6, 6.07) is 7.15. The minimum absolute atomic E-state index is 0.293. The van der Waals surface area contributed by atoms with Gasteiger partial charge in [0, 0.05) is 13.0 Å². The van der Waals surface area contributed by atoms with Crippen LogP contribution in [0.2, 0.25) is 0 Å². The van der Waals surface area contributed by atoms with Crippen molar-refractivity contribution in [3.8, 4) is 0 Å². The number of nitrogens with one attached hydrogen (secondary N) is 1. The Labute approximate surface area is 200 Å². The highest BCUT2D eigenvalue weighted by Gasteiger charge is 2.68. The van der Waals surface area contributed by atoms with E-state index in [1.54, 1.807) is 31.2 Å². The van der Waals surface area contributed by atoms with E-state index >= 15 is 4.39 Å². The first-order valence-electron chi connectivity index (χ1n) is 11.4. The van der Waals surface area contributed by atoms with E-state index in [1.807, 2.05) is 0 Å². The standard InChI is InChI=1S/C24H26FN5O5/c1-13-7-5-6-8-16(13)20(32)33-22-24(4,35-14(2)31)23(3,25)21(34-22)30-12-28-17-18(29-15-9-10-15)26-11-27-19(17)30/h5-8,11-12,15,21-22H,9-10H2,1-4H3,(H,26,27,29)/t21?,22-,23-,24-/m0/s1. The lowest BCUT2D eigenvalue weighted by Crippen LogP contribution is -2.55. The lowest BCUT2D eigenvalue weighted by atomic mass is 9.87. The number of ether oxygens (including phenoxy) is 3. The molecule has 184 valence electrons. The maximum Gasteiger partial charge on any atom is 0.340 e. The number of aryl methyl sites for hydroxylation is 1. The fourth-order valence-corrected chi connectivity index (χ4v) is 4.28. The van der Waals surface area contributed by atoms with Gasteiger partial charge in [0.1, 0.15) is 6.33 Å². The maximum atomic E-state index is 16.6. The minimum Gasteiger partial charge on any atom is -0.449 e. The normalized spacial score (nSPS) is 28.1. The Bertz CT molecular complexity index is 1310. The van der Waals surface area contributed by atoms with Gasteiger partial charge in [0.05, 0.1) is 11.9 Å². The molecule has 5 rings (SSSR count). The number of esters is 2. The van der Waals surface area contributed by atoms with Crippen molar-refractivity contribution in [3.05, 3.63) is 48.0 Å². The summed E-state index contributed by atoms with van der Waals surface area (Å²) in [4.78, 5) is 37.8. The molecule has 3 aromatic rings. The summed E-state index contributed by atoms with van der Waals surface area (Å²) in [5, 5.41) is 3.28. The quantitative estimate of drug-likeness (QED) is 0.526. The van der Waals surface area contributed by atoms with Gasteiger partial charge in [-0.2, -0.15) is 0 Å². The summed E-state index contributed by atoms with van der Waals surface area (Å²) in [6.07, 6.45) is 1.91. The summed E-state index contributed by atoms with van der Waals surface area (Å²) in [5.41, 5.74) is -2.54. The summed E-state index contributed by atoms with van der Waals surface area (Å²) < 4.78 is 35.0. The van der Waals surface area contributed by atoms with Gasteiger partial charge in [-0.25, -0.2) is 24.1 Å². The van der Waals surface area contributed by atoms with Crippen molar-refractivity contribution in [2.75, 3.05) is 5.32 Å². The van der Waals surface area contributed by atoms with Crippen molar-refractivity contribution in [1.82, 2.24) is 19.5 Å². The van der Waals surface area contributed by atoms with Crippen molar-refractivity contribution in [2.24, 2.45) is 0 Å². The molecule has 4 atom stereocenters. The largest absolute Gasteiger partial charge is 0.449 e. The molecule has 1 N–H and O–H groups in total. The van der Waals surface area contributed by atoms with Crippen LogP contribution in [0.15, 0.2) is 36.9 Å². The molecule has 10 nitrogen and oxygen atoms in total. The van der Waals surface area contributed by atoms with Crippen molar-refractivity contribution < 1.29 is 28.2 Å². The predicted molar refractivity (Wildman–Crippen MR) is 122 cm³/mol. The van der Waals surface area contributed by atoms with Crippen LogP contribution in [0.3, 0.4) is 0 Å². The van der Waals surface area contributed by atoms with Crippen LogP contribution in [-0.4, -0.2) is 55.1 Å². The second-order valence-electron chi connectivity index (χ2n) is 9.28. The van der Waals surface area contributed by atoms with Gasteiger partial charge in [0.25, 0.3) is 0 Å². The third-order valence-electron chi connectivity index (χ3n) is 6.60. The molecule has 1 aromatic carbocycles. The molecule has 0 spiro atoms. The van der Waals surface area contributed by atoms with E-state index in [2.05, 4.69) is 20.3 Å². The summed E-state index contributed by atoms with van der Waals surface area (Å²) >= 11 is 0. The molecule has 0 bridgehead atoms. The molecule has 11 heteroatoms. The SMILES string of the molecule is CC(=O)O[C@@]1(C)[C@@H](OC(=O)c2ccccc2C)OC(n2cnc3c(NC4CC4)ncnc32)[C@]1(C)F. The van der Waals surface area contributed by atoms with Crippen LogP contribution >= 0.6 is 0 Å². The highest BCUT2D eigenvalue weighted by Crippen LogP contribution is 2.51. The average Bonchev–Trinajstić information content (AvgIpc) is 3.47. The summed E-state index contributed by atoms with van der Waals surface area (Å²) in [5.74, 6) is -0.928. The summed E-state index contributed by atoms with van der Waals surface area (Å²) in [7, 11) is 0. The van der Waals surface area contributed by atoms with Crippen LogP contribution in [-0.2, 0) is 19.0 Å². The molecule has 1 saturated carbocycles. The third kappa shape index (κ3) is 3.89. The average molecular weight is 484 g/mol. The lowest BCUT2D eigenvalue weighted by molar-refractivity contribution is -0.204. The second-order valence-corrected chi connectivity index (χ2v) is 9.28. The molecular weight excluding hydrogens is 457 g/mol. The molecule has 1 aliphatic heterocycles. The van der Waals surface area contributed by atoms with E-state index in [9.17, 15) is 9.59 Å². The minimum atomic E-state index is -2.34. The van der Waals surface area contributed by atoms with E-state index in [0.717, 1.165) is 19.8 Å². The van der Waals surface area contributed by atoms with E-state index in [1.165, 1.54) is 31.1 Å². The Morgan fingerprint density at radius 3 is 2.63 bits per heavy atom. The first-order chi connectivity index (χ1) is 16.6. The fourth-order valence-electron chi connectivity index (χ4n) is 4.28. The van der Waals surface area contributed by atoms with Gasteiger partial charge in [-0.3, -0.25) is 9.36 Å². The number of fused-ring (bicyclic) bond motifs is 1. The molecule has 2 fully saturated rings. The highest BCUT2D eigenvalue weighted by molar-refractivity contribution is 5.91. The number of imidazole rings is 1. The zero-order valence-electron chi connectivity index (χ0n) is 19.8. The number of nitrogens with zero attached hydrogens (tertiary/aromatic N) is 4. The molecule has 3 heterocycles. The van der Waals surface area contributed by atoms with E-state index in [-0.39, 0.29) is 0 Å². The van der Waals surface area contributed by atoms with Crippen LogP contribution in [0, 0.1) is 6.92 Å². The summed E-state index contributed by atoms with van der Waals surface area (Å²) in [6.45, 7) is 5.49. The number of rotatable bonds is 6. The van der Waals surface area contributed by atoms with Crippen LogP contribution in [0.25, 0.3) is 11.2 Å². The Morgan fingerprint density at radius 2 is 1.94 bits per heavy atom. The number of benzene rings is 1. The molecule has 1 saturated heterocycles. The third-order valence-corrected chi connectivity index (χ3v) is 6.60. The first-order valence-corrected chi connectivity index (χ1v) is 11.4. The molecule has 2 aromatic heterocycles. The highest BCUT2D eigenvalue weighted by atomic mass is 19.1. The van der Waals surface area contributed by atoms with Crippen molar-refractivity contribution in [3.63, 3.8) is 0 Å². The van der Waals surface area contributed by atoms with Gasteiger partial charge in [-0.05, 0) is 45.2 Å². The van der Waals surface area contributed by atoms with E-state index < -0.39 is 35.7 Å². The van der Waals surface area contributed by atoms with Crippen LogP contribution in [0.5, 0.6) is 0 Å². The number of hydrogen-bond acceptors (Lipinski definition) is 9. The molecule has 1 aliphatic carbocycles. The predicted octanol–water partition coefficient (Wildman–Crippen LogP) is 3.47. The molecule has 1 unspecified atom stereocenters. The van der Waals surface area contributed by atoms with Gasteiger partial charge in [0.15, 0.2) is 28.9 Å². The molecular formula is C24H26FN5O5. The Balaban J connectivity index is 1.52. The lowest BCUT2D eigenvalue weighted by Gasteiger charge is -2.36. The van der Waals surface area contributed by atoms with Crippen molar-refractivity contribution in [1.29, 1.82) is 0 Å². The van der Waals surface area contributed by atoms with Gasteiger partial charge >= 0.3 is 11.9 Å². The van der Waals surface area contributed by atoms with E-state index in [4.69, 9.17) is 14.2 Å². The maximum absolute atomic E-state index is 16.6. The zero-order valence-corrected chi connectivity index (χ0v) is 19.8. The van der Waals surface area contributed by atoms with E-state index in [0.29, 0.717) is 34.2 Å². The first kappa shape index (κ1) is 23.2. The van der Waals surface area contributed by atoms with Crippen LogP contribution in [0.1, 0.15) is 55.8 Å². The second kappa shape index (κ2) is 8.26. The molecule has 0 radical (unpaired) electrons. The number of carbonyl (C=O) groups excluding carboxylic acids is 2. The monoisotopic (exact) mass is 483 g/mol. The number of halogens is 1. The molecule has 0 amide bonds. The number of hydrogen-bond donors (Lipinski definition) is 1. The number of carbonyl (C=O) groups is 2. The van der Waals surface area contributed by atoms with Crippen molar-refractivity contribution >= 4 is 28.9 Å². The smallest absolute Gasteiger partial charge is 0.340 e. The Hall–Kier alpha value is -3.60. The molecule has 35 heavy (non-hydrogen) atoms. The topological polar surface area (TPSA) is 117 Å². The zero-order chi connectivity index (χ0) is 25.0. The van der Waals surface area contributed by atoms with Crippen molar-refractivity contribution in [2.45, 2.75) is 70.4 Å². The van der Waals surface area contributed by atoms with Gasteiger partial charge < -0.3 is 19.5 Å². The van der Waals surface area contributed by atoms with Crippen LogP contribution in [0.4, 0.5) is 10.2 Å². The van der Waals surface area contributed by atoms with Crippen LogP contribution < -0.4 is 5.32 Å². The fraction of sp³-hybridized carbons (Fsp3) is 0.458. The van der Waals surface area contributed by atoms with Gasteiger partial charge in [-0.1, -0.05) is 18.2 Å². The Kier molecular flexibility index (Phi) is 5.47. The van der Waals surface area contributed by atoms with Gasteiger partial charge in [0.2, 0.25) is 11.9 Å². The Morgan fingerprint density at radius 1 is 1.20 bits per heavy atom. The molecule has 2 aliphatic rings. The number of aromatic nitrogens is 4. The number of anilines is 1. The van der Waals surface area contributed by atoms with Gasteiger partial charge in [-0.15, -0.1) is 0 Å².